The lowest BCUT2D eigenvalue weighted by molar-refractivity contribution is -0.122. The standard InChI is InChI=1S/C12H21N3O/c1-12(2,3)11(13)9(16)5-6-10-14-7-8-15(10)4/h7-8,11H,5-6,13H2,1-4H3. The van der Waals surface area contributed by atoms with Crippen molar-refractivity contribution in [3.8, 4) is 0 Å². The average Bonchev–Trinajstić information content (AvgIpc) is 2.58. The molecule has 1 heterocycles. The Morgan fingerprint density at radius 3 is 2.62 bits per heavy atom. The van der Waals surface area contributed by atoms with Crippen LogP contribution in [0.4, 0.5) is 0 Å². The Morgan fingerprint density at radius 1 is 1.56 bits per heavy atom. The summed E-state index contributed by atoms with van der Waals surface area (Å²) >= 11 is 0. The van der Waals surface area contributed by atoms with Gasteiger partial charge < -0.3 is 10.3 Å². The van der Waals surface area contributed by atoms with Gasteiger partial charge in [0, 0.05) is 32.3 Å². The molecule has 0 fully saturated rings. The molecule has 4 nitrogen and oxygen atoms in total. The van der Waals surface area contributed by atoms with Crippen LogP contribution in [0.15, 0.2) is 12.4 Å². The van der Waals surface area contributed by atoms with Crippen LogP contribution in [-0.2, 0) is 18.3 Å². The summed E-state index contributed by atoms with van der Waals surface area (Å²) in [5.74, 6) is 1.03. The van der Waals surface area contributed by atoms with E-state index in [2.05, 4.69) is 4.98 Å². The van der Waals surface area contributed by atoms with E-state index in [0.717, 1.165) is 5.82 Å². The smallest absolute Gasteiger partial charge is 0.150 e. The molecular formula is C12H21N3O. The highest BCUT2D eigenvalue weighted by molar-refractivity contribution is 5.84. The fourth-order valence-corrected chi connectivity index (χ4v) is 1.51. The molecule has 0 saturated heterocycles. The van der Waals surface area contributed by atoms with Crippen molar-refractivity contribution in [3.05, 3.63) is 18.2 Å². The highest BCUT2D eigenvalue weighted by Gasteiger charge is 2.26. The number of imidazole rings is 1. The minimum absolute atomic E-state index is 0.107. The molecule has 0 radical (unpaired) electrons. The number of ketones is 1. The first-order chi connectivity index (χ1) is 7.32. The molecule has 1 aromatic heterocycles. The number of hydrogen-bond donors (Lipinski definition) is 1. The van der Waals surface area contributed by atoms with Gasteiger partial charge in [-0.1, -0.05) is 20.8 Å². The summed E-state index contributed by atoms with van der Waals surface area (Å²) in [7, 11) is 1.93. The van der Waals surface area contributed by atoms with E-state index in [-0.39, 0.29) is 11.2 Å². The second-order valence-corrected chi connectivity index (χ2v) is 5.26. The Balaban J connectivity index is 2.51. The van der Waals surface area contributed by atoms with Crippen molar-refractivity contribution in [1.29, 1.82) is 0 Å². The number of nitrogens with two attached hydrogens (primary N) is 1. The fraction of sp³-hybridized carbons (Fsp3) is 0.667. The number of rotatable bonds is 4. The van der Waals surface area contributed by atoms with Gasteiger partial charge in [0.15, 0.2) is 5.78 Å². The summed E-state index contributed by atoms with van der Waals surface area (Å²) in [5.41, 5.74) is 5.73. The Kier molecular flexibility index (Phi) is 3.86. The molecule has 4 heteroatoms. The normalized spacial score (nSPS) is 13.8. The van der Waals surface area contributed by atoms with Crippen LogP contribution in [0.1, 0.15) is 33.0 Å². The van der Waals surface area contributed by atoms with Crippen molar-refractivity contribution in [2.24, 2.45) is 18.2 Å². The number of Topliss-reactive ketones (excluding diaryl/α,β-unsaturated/α-hetero) is 1. The summed E-state index contributed by atoms with van der Waals surface area (Å²) in [4.78, 5) is 16.0. The molecule has 0 bridgehead atoms. The summed E-state index contributed by atoms with van der Waals surface area (Å²) in [5, 5.41) is 0. The van der Waals surface area contributed by atoms with E-state index < -0.39 is 6.04 Å². The maximum Gasteiger partial charge on any atom is 0.150 e. The topological polar surface area (TPSA) is 60.9 Å². The highest BCUT2D eigenvalue weighted by atomic mass is 16.1. The number of hydrogen-bond acceptors (Lipinski definition) is 3. The van der Waals surface area contributed by atoms with Crippen molar-refractivity contribution in [2.45, 2.75) is 39.7 Å². The second-order valence-electron chi connectivity index (χ2n) is 5.26. The van der Waals surface area contributed by atoms with Crippen LogP contribution in [-0.4, -0.2) is 21.4 Å². The van der Waals surface area contributed by atoms with Gasteiger partial charge in [-0.2, -0.15) is 0 Å². The van der Waals surface area contributed by atoms with Gasteiger partial charge in [0.2, 0.25) is 0 Å². The van der Waals surface area contributed by atoms with Gasteiger partial charge in [-0.3, -0.25) is 4.79 Å². The minimum Gasteiger partial charge on any atom is -0.338 e. The molecule has 1 atom stereocenters. The fourth-order valence-electron chi connectivity index (χ4n) is 1.51. The van der Waals surface area contributed by atoms with Crippen molar-refractivity contribution in [1.82, 2.24) is 9.55 Å². The summed E-state index contributed by atoms with van der Waals surface area (Å²) in [6, 6.07) is -0.396. The summed E-state index contributed by atoms with van der Waals surface area (Å²) < 4.78 is 1.93. The van der Waals surface area contributed by atoms with E-state index in [4.69, 9.17) is 5.73 Å². The molecule has 90 valence electrons. The van der Waals surface area contributed by atoms with E-state index >= 15 is 0 Å². The number of nitrogens with zero attached hydrogens (tertiary/aromatic N) is 2. The molecule has 0 aliphatic rings. The molecule has 0 amide bonds. The van der Waals surface area contributed by atoms with Gasteiger partial charge in [-0.25, -0.2) is 4.98 Å². The van der Waals surface area contributed by atoms with Crippen molar-refractivity contribution >= 4 is 5.78 Å². The molecule has 0 aliphatic heterocycles. The van der Waals surface area contributed by atoms with Crippen LogP contribution in [0.25, 0.3) is 0 Å². The third kappa shape index (κ3) is 3.17. The zero-order chi connectivity index (χ0) is 12.3. The monoisotopic (exact) mass is 223 g/mol. The molecule has 0 saturated carbocycles. The van der Waals surface area contributed by atoms with Crippen LogP contribution in [0.5, 0.6) is 0 Å². The van der Waals surface area contributed by atoms with Crippen LogP contribution < -0.4 is 5.73 Å². The quantitative estimate of drug-likeness (QED) is 0.836. The maximum atomic E-state index is 11.8. The third-order valence-electron chi connectivity index (χ3n) is 2.80. The minimum atomic E-state index is -0.396. The van der Waals surface area contributed by atoms with Crippen molar-refractivity contribution in [2.75, 3.05) is 0 Å². The Labute approximate surface area is 96.9 Å². The molecule has 2 N–H and O–H groups in total. The van der Waals surface area contributed by atoms with Gasteiger partial charge in [0.05, 0.1) is 6.04 Å². The summed E-state index contributed by atoms with van der Waals surface area (Å²) in [6.07, 6.45) is 4.74. The largest absolute Gasteiger partial charge is 0.338 e. The number of aromatic nitrogens is 2. The molecule has 0 spiro atoms. The summed E-state index contributed by atoms with van der Waals surface area (Å²) in [6.45, 7) is 5.95. The number of carbonyl (C=O) groups is 1. The van der Waals surface area contributed by atoms with E-state index in [1.807, 2.05) is 38.6 Å². The number of aryl methyl sites for hydroxylation is 2. The molecule has 0 aliphatic carbocycles. The first-order valence-corrected chi connectivity index (χ1v) is 5.57. The van der Waals surface area contributed by atoms with Gasteiger partial charge in [-0.05, 0) is 5.41 Å². The highest BCUT2D eigenvalue weighted by Crippen LogP contribution is 2.19. The zero-order valence-electron chi connectivity index (χ0n) is 10.5. The van der Waals surface area contributed by atoms with Gasteiger partial charge in [0.25, 0.3) is 0 Å². The Morgan fingerprint density at radius 2 is 2.19 bits per heavy atom. The first kappa shape index (κ1) is 12.9. The van der Waals surface area contributed by atoms with E-state index in [9.17, 15) is 4.79 Å². The van der Waals surface area contributed by atoms with E-state index in [0.29, 0.717) is 12.8 Å². The molecule has 16 heavy (non-hydrogen) atoms. The van der Waals surface area contributed by atoms with Gasteiger partial charge in [-0.15, -0.1) is 0 Å². The molecule has 1 aromatic rings. The predicted molar refractivity (Wildman–Crippen MR) is 64.0 cm³/mol. The molecular weight excluding hydrogens is 202 g/mol. The average molecular weight is 223 g/mol. The lowest BCUT2D eigenvalue weighted by Gasteiger charge is -2.25. The zero-order valence-corrected chi connectivity index (χ0v) is 10.5. The van der Waals surface area contributed by atoms with Crippen LogP contribution in [0.2, 0.25) is 0 Å². The van der Waals surface area contributed by atoms with Crippen molar-refractivity contribution in [3.63, 3.8) is 0 Å². The lowest BCUT2D eigenvalue weighted by atomic mass is 9.84. The maximum absolute atomic E-state index is 11.8. The van der Waals surface area contributed by atoms with Crippen LogP contribution >= 0.6 is 0 Å². The predicted octanol–water partition coefficient (Wildman–Crippen LogP) is 1.30. The molecule has 0 aromatic carbocycles. The Hall–Kier alpha value is -1.16. The van der Waals surface area contributed by atoms with Crippen molar-refractivity contribution < 1.29 is 4.79 Å². The van der Waals surface area contributed by atoms with Crippen LogP contribution in [0, 0.1) is 5.41 Å². The number of carbonyl (C=O) groups excluding carboxylic acids is 1. The first-order valence-electron chi connectivity index (χ1n) is 5.57. The van der Waals surface area contributed by atoms with E-state index in [1.165, 1.54) is 0 Å². The molecule has 1 rings (SSSR count). The van der Waals surface area contributed by atoms with Gasteiger partial charge >= 0.3 is 0 Å². The second kappa shape index (κ2) is 4.78. The van der Waals surface area contributed by atoms with E-state index in [1.54, 1.807) is 6.20 Å². The van der Waals surface area contributed by atoms with Crippen LogP contribution in [0.3, 0.4) is 0 Å². The third-order valence-corrected chi connectivity index (χ3v) is 2.80. The Bertz CT molecular complexity index is 363. The SMILES string of the molecule is Cn1ccnc1CCC(=O)C(N)C(C)(C)C. The van der Waals surface area contributed by atoms with Gasteiger partial charge in [0.1, 0.15) is 5.82 Å². The molecule has 1 unspecified atom stereocenters. The lowest BCUT2D eigenvalue weighted by Crippen LogP contribution is -2.42.